The summed E-state index contributed by atoms with van der Waals surface area (Å²) in [5, 5.41) is 18.3. The number of carbonyl (C=O) groups is 2. The molecular formula is C29H24ClN5O3. The summed E-state index contributed by atoms with van der Waals surface area (Å²) in [6.45, 7) is 1.80. The van der Waals surface area contributed by atoms with Crippen molar-refractivity contribution in [2.24, 2.45) is 0 Å². The minimum atomic E-state index is -0.640. The molecule has 2 amide bonds. The summed E-state index contributed by atoms with van der Waals surface area (Å²) in [5.41, 5.74) is 3.84. The fourth-order valence-corrected chi connectivity index (χ4v) is 4.61. The number of nitrogens with zero attached hydrogens (tertiary/aromatic N) is 3. The third-order valence-electron chi connectivity index (χ3n) is 6.73. The van der Waals surface area contributed by atoms with E-state index in [0.29, 0.717) is 11.5 Å². The number of nitriles is 1. The molecule has 2 N–H and O–H groups in total. The Labute approximate surface area is 224 Å². The van der Waals surface area contributed by atoms with Crippen molar-refractivity contribution in [3.8, 4) is 23.0 Å². The van der Waals surface area contributed by atoms with Gasteiger partial charge in [0.15, 0.2) is 12.0 Å². The second-order valence-corrected chi connectivity index (χ2v) is 9.52. The lowest BCUT2D eigenvalue weighted by Crippen LogP contribution is -2.31. The number of nitrogens with one attached hydrogen (secondary N) is 2. The molecule has 0 radical (unpaired) electrons. The van der Waals surface area contributed by atoms with Gasteiger partial charge in [0.2, 0.25) is 5.91 Å². The molecule has 1 aromatic heterocycles. The van der Waals surface area contributed by atoms with Crippen LogP contribution in [0.1, 0.15) is 37.0 Å². The van der Waals surface area contributed by atoms with Gasteiger partial charge in [-0.2, -0.15) is 10.4 Å². The lowest BCUT2D eigenvalue weighted by Gasteiger charge is -2.15. The highest BCUT2D eigenvalue weighted by Crippen LogP contribution is 2.48. The van der Waals surface area contributed by atoms with E-state index in [0.717, 1.165) is 35.1 Å². The molecule has 1 heterocycles. The van der Waals surface area contributed by atoms with E-state index in [2.05, 4.69) is 15.7 Å². The van der Waals surface area contributed by atoms with Crippen LogP contribution in [0.15, 0.2) is 85.1 Å². The molecule has 9 heteroatoms. The largest absolute Gasteiger partial charge is 0.441 e. The molecular weight excluding hydrogens is 502 g/mol. The van der Waals surface area contributed by atoms with Crippen molar-refractivity contribution in [1.29, 1.82) is 5.26 Å². The van der Waals surface area contributed by atoms with E-state index in [9.17, 15) is 9.59 Å². The first-order valence-electron chi connectivity index (χ1n) is 12.1. The van der Waals surface area contributed by atoms with Gasteiger partial charge in [-0.15, -0.1) is 0 Å². The number of halogens is 1. The maximum absolute atomic E-state index is 12.6. The number of rotatable bonds is 7. The van der Waals surface area contributed by atoms with Gasteiger partial charge in [-0.05, 0) is 54.2 Å². The van der Waals surface area contributed by atoms with E-state index >= 15 is 0 Å². The van der Waals surface area contributed by atoms with Crippen LogP contribution in [0.5, 0.6) is 0 Å². The van der Waals surface area contributed by atoms with Crippen molar-refractivity contribution in [3.63, 3.8) is 0 Å². The fraction of sp³-hybridized carbons (Fsp3) is 0.172. The minimum Gasteiger partial charge on any atom is -0.441 e. The Hall–Kier alpha value is -4.61. The first-order valence-corrected chi connectivity index (χ1v) is 12.5. The fourth-order valence-electron chi connectivity index (χ4n) is 4.43. The van der Waals surface area contributed by atoms with Gasteiger partial charge < -0.3 is 4.74 Å². The number of carbonyl (C=O) groups excluding carboxylic acids is 2. The predicted octanol–water partition coefficient (Wildman–Crippen LogP) is 6.13. The van der Waals surface area contributed by atoms with Gasteiger partial charge in [0.25, 0.3) is 0 Å². The summed E-state index contributed by atoms with van der Waals surface area (Å²) in [5.74, 6) is 0.0530. The Bertz CT molecular complexity index is 1500. The Morgan fingerprint density at radius 1 is 1.03 bits per heavy atom. The highest BCUT2D eigenvalue weighted by molar-refractivity contribution is 6.33. The predicted molar refractivity (Wildman–Crippen MR) is 144 cm³/mol. The second kappa shape index (κ2) is 10.4. The summed E-state index contributed by atoms with van der Waals surface area (Å²) in [6.07, 6.45) is 3.57. The van der Waals surface area contributed by atoms with Crippen LogP contribution in [-0.2, 0) is 14.9 Å². The molecule has 0 spiro atoms. The average Bonchev–Trinajstić information content (AvgIpc) is 3.68. The zero-order valence-corrected chi connectivity index (χ0v) is 21.3. The lowest BCUT2D eigenvalue weighted by atomic mass is 9.93. The molecule has 1 fully saturated rings. The van der Waals surface area contributed by atoms with Crippen LogP contribution in [0.4, 0.5) is 10.6 Å². The Morgan fingerprint density at radius 2 is 1.66 bits per heavy atom. The zero-order chi connectivity index (χ0) is 26.7. The Balaban J connectivity index is 1.29. The Morgan fingerprint density at radius 3 is 2.26 bits per heavy atom. The molecule has 38 heavy (non-hydrogen) atoms. The van der Waals surface area contributed by atoms with Crippen molar-refractivity contribution >= 4 is 29.4 Å². The van der Waals surface area contributed by atoms with Crippen LogP contribution in [0.3, 0.4) is 0 Å². The van der Waals surface area contributed by atoms with E-state index < -0.39 is 17.6 Å². The topological polar surface area (TPSA) is 109 Å². The number of benzene rings is 3. The standard InChI is InChI=1S/C29H24ClN5O3/c1-19(20-5-3-2-4-6-20)38-28(37)34-26-25(30)17-33-35(26)24-13-9-22(10-14-24)21-7-11-23(12-8-21)29(15-16-29)27(36)32-18-31/h2-14,17,19H,15-16H2,1H3,(H,32,36)(H,34,37). The van der Waals surface area contributed by atoms with Crippen LogP contribution in [0, 0.1) is 11.5 Å². The van der Waals surface area contributed by atoms with Crippen molar-refractivity contribution in [3.05, 3.63) is 101 Å². The molecule has 0 saturated heterocycles. The van der Waals surface area contributed by atoms with E-state index in [1.165, 1.54) is 10.9 Å². The number of ether oxygens (including phenoxy) is 1. The third-order valence-corrected chi connectivity index (χ3v) is 7.01. The van der Waals surface area contributed by atoms with Gasteiger partial charge in [0.1, 0.15) is 11.1 Å². The zero-order valence-electron chi connectivity index (χ0n) is 20.5. The summed E-state index contributed by atoms with van der Waals surface area (Å²) in [7, 11) is 0. The monoisotopic (exact) mass is 525 g/mol. The first-order chi connectivity index (χ1) is 18.4. The van der Waals surface area contributed by atoms with Crippen LogP contribution in [0.25, 0.3) is 16.8 Å². The summed E-state index contributed by atoms with van der Waals surface area (Å²) < 4.78 is 7.04. The molecule has 1 aliphatic carbocycles. The van der Waals surface area contributed by atoms with Gasteiger partial charge in [-0.25, -0.2) is 9.48 Å². The summed E-state index contributed by atoms with van der Waals surface area (Å²) >= 11 is 6.32. The van der Waals surface area contributed by atoms with Gasteiger partial charge in [-0.1, -0.05) is 78.3 Å². The van der Waals surface area contributed by atoms with Gasteiger partial charge in [0.05, 0.1) is 17.3 Å². The average molecular weight is 526 g/mol. The SMILES string of the molecule is CC(OC(=O)Nc1c(Cl)cnn1-c1ccc(-c2ccc(C3(C(=O)NC#N)CC3)cc2)cc1)c1ccccc1. The number of anilines is 1. The van der Waals surface area contributed by atoms with E-state index in [1.54, 1.807) is 13.1 Å². The molecule has 1 unspecified atom stereocenters. The minimum absolute atomic E-state index is 0.252. The lowest BCUT2D eigenvalue weighted by molar-refractivity contribution is -0.122. The van der Waals surface area contributed by atoms with Gasteiger partial charge >= 0.3 is 6.09 Å². The van der Waals surface area contributed by atoms with Crippen molar-refractivity contribution in [2.75, 3.05) is 5.32 Å². The molecule has 1 atom stereocenters. The number of aromatic nitrogens is 2. The highest BCUT2D eigenvalue weighted by atomic mass is 35.5. The van der Waals surface area contributed by atoms with E-state index in [-0.39, 0.29) is 10.9 Å². The maximum Gasteiger partial charge on any atom is 0.413 e. The molecule has 1 saturated carbocycles. The molecule has 3 aromatic carbocycles. The molecule has 0 bridgehead atoms. The molecule has 8 nitrogen and oxygen atoms in total. The van der Waals surface area contributed by atoms with Crippen molar-refractivity contribution in [1.82, 2.24) is 15.1 Å². The maximum atomic E-state index is 12.6. The normalized spacial score (nSPS) is 14.1. The molecule has 1 aliphatic rings. The van der Waals surface area contributed by atoms with Crippen LogP contribution in [-0.4, -0.2) is 21.8 Å². The molecule has 4 aromatic rings. The van der Waals surface area contributed by atoms with Crippen molar-refractivity contribution < 1.29 is 14.3 Å². The van der Waals surface area contributed by atoms with Crippen LogP contribution in [0.2, 0.25) is 5.02 Å². The van der Waals surface area contributed by atoms with E-state index in [1.807, 2.05) is 78.9 Å². The van der Waals surface area contributed by atoms with Crippen molar-refractivity contribution in [2.45, 2.75) is 31.3 Å². The van der Waals surface area contributed by atoms with Crippen LogP contribution < -0.4 is 10.6 Å². The number of hydrogen-bond donors (Lipinski definition) is 2. The van der Waals surface area contributed by atoms with Gasteiger partial charge in [0, 0.05) is 0 Å². The molecule has 5 rings (SSSR count). The third kappa shape index (κ3) is 4.97. The molecule has 0 aliphatic heterocycles. The van der Waals surface area contributed by atoms with Crippen LogP contribution >= 0.6 is 11.6 Å². The van der Waals surface area contributed by atoms with E-state index in [4.69, 9.17) is 21.6 Å². The summed E-state index contributed by atoms with van der Waals surface area (Å²) in [4.78, 5) is 24.9. The number of amides is 2. The smallest absolute Gasteiger partial charge is 0.413 e. The quantitative estimate of drug-likeness (QED) is 0.223. The van der Waals surface area contributed by atoms with Gasteiger partial charge in [-0.3, -0.25) is 15.4 Å². The first kappa shape index (κ1) is 25.1. The highest BCUT2D eigenvalue weighted by Gasteiger charge is 2.51. The summed E-state index contributed by atoms with van der Waals surface area (Å²) in [6, 6.07) is 24.9. The number of hydrogen-bond acceptors (Lipinski definition) is 5. The Kier molecular flexibility index (Phi) is 6.86. The molecule has 190 valence electrons. The second-order valence-electron chi connectivity index (χ2n) is 9.11.